The molecule has 0 amide bonds. The maximum atomic E-state index is 10.5. The molecule has 0 saturated heterocycles. The first-order valence-electron chi connectivity index (χ1n) is 7.32. The van der Waals surface area contributed by atoms with Crippen LogP contribution in [0.2, 0.25) is 0 Å². The normalized spacial score (nSPS) is 14.5. The molecule has 0 fully saturated rings. The summed E-state index contributed by atoms with van der Waals surface area (Å²) in [5.41, 5.74) is 6.04. The number of nitrogens with zero attached hydrogens (tertiary/aromatic N) is 1. The monoisotopic (exact) mass is 242 g/mol. The minimum atomic E-state index is 0.0383. The van der Waals surface area contributed by atoms with Gasteiger partial charge in [0.25, 0.3) is 0 Å². The fourth-order valence-corrected chi connectivity index (χ4v) is 2.17. The van der Waals surface area contributed by atoms with Crippen molar-refractivity contribution in [3.8, 4) is 0 Å². The Bertz CT molecular complexity index is 174. The van der Waals surface area contributed by atoms with Gasteiger partial charge in [-0.25, -0.2) is 0 Å². The van der Waals surface area contributed by atoms with Crippen molar-refractivity contribution in [1.29, 1.82) is 0 Å². The molecule has 2 unspecified atom stereocenters. The number of hydrogen-bond donors (Lipinski definition) is 1. The lowest BCUT2D eigenvalue weighted by atomic mass is 10.0. The lowest BCUT2D eigenvalue weighted by Crippen LogP contribution is -2.19. The van der Waals surface area contributed by atoms with E-state index in [2.05, 4.69) is 19.0 Å². The van der Waals surface area contributed by atoms with Gasteiger partial charge in [0, 0.05) is 6.04 Å². The van der Waals surface area contributed by atoms with E-state index in [-0.39, 0.29) is 6.04 Å². The second-order valence-corrected chi connectivity index (χ2v) is 5.09. The maximum Gasteiger partial charge on any atom is 0.0919 e. The largest absolute Gasteiger partial charge is 0.328 e. The van der Waals surface area contributed by atoms with E-state index >= 15 is 0 Å². The van der Waals surface area contributed by atoms with Gasteiger partial charge in [0.1, 0.15) is 0 Å². The smallest absolute Gasteiger partial charge is 0.0919 e. The Labute approximate surface area is 107 Å². The minimum Gasteiger partial charge on any atom is -0.328 e. The number of rotatable bonds is 12. The van der Waals surface area contributed by atoms with Crippen LogP contribution in [-0.4, -0.2) is 12.1 Å². The highest BCUT2D eigenvalue weighted by Gasteiger charge is 2.07. The van der Waals surface area contributed by atoms with Crippen LogP contribution in [0.3, 0.4) is 0 Å². The average Bonchev–Trinajstić information content (AvgIpc) is 2.33. The number of unbranched alkanes of at least 4 members (excludes halogenated alkanes) is 3. The summed E-state index contributed by atoms with van der Waals surface area (Å²) in [7, 11) is 0. The van der Waals surface area contributed by atoms with Gasteiger partial charge in [0.05, 0.1) is 6.04 Å². The zero-order valence-corrected chi connectivity index (χ0v) is 11.7. The van der Waals surface area contributed by atoms with E-state index in [0.717, 1.165) is 44.9 Å². The van der Waals surface area contributed by atoms with Crippen LogP contribution >= 0.6 is 0 Å². The molecule has 0 aliphatic carbocycles. The zero-order chi connectivity index (χ0) is 12.9. The Morgan fingerprint density at radius 2 is 1.47 bits per heavy atom. The summed E-state index contributed by atoms with van der Waals surface area (Å²) < 4.78 is 0. The second-order valence-electron chi connectivity index (χ2n) is 5.09. The average molecular weight is 242 g/mol. The Balaban J connectivity index is 3.39. The molecule has 2 N–H and O–H groups in total. The fourth-order valence-electron chi connectivity index (χ4n) is 2.17. The zero-order valence-electron chi connectivity index (χ0n) is 11.7. The predicted octanol–water partition coefficient (Wildman–Crippen LogP) is 4.39. The van der Waals surface area contributed by atoms with Gasteiger partial charge in [0.2, 0.25) is 0 Å². The Morgan fingerprint density at radius 3 is 2.00 bits per heavy atom. The third-order valence-corrected chi connectivity index (χ3v) is 3.31. The quantitative estimate of drug-likeness (QED) is 0.407. The molecule has 0 radical (unpaired) electrons. The Kier molecular flexibility index (Phi) is 11.7. The molecule has 2 atom stereocenters. The number of hydrogen-bond acceptors (Lipinski definition) is 3. The van der Waals surface area contributed by atoms with Gasteiger partial charge in [-0.05, 0) is 25.7 Å². The van der Waals surface area contributed by atoms with Gasteiger partial charge >= 0.3 is 0 Å². The van der Waals surface area contributed by atoms with Crippen molar-refractivity contribution < 1.29 is 0 Å². The third kappa shape index (κ3) is 10.4. The van der Waals surface area contributed by atoms with Crippen LogP contribution < -0.4 is 5.73 Å². The molecule has 3 heteroatoms. The summed E-state index contributed by atoms with van der Waals surface area (Å²) in [4.78, 5) is 10.5. The first kappa shape index (κ1) is 16.6. The second kappa shape index (κ2) is 12.0. The maximum absolute atomic E-state index is 10.5. The van der Waals surface area contributed by atoms with Crippen molar-refractivity contribution >= 4 is 0 Å². The summed E-state index contributed by atoms with van der Waals surface area (Å²) >= 11 is 0. The summed E-state index contributed by atoms with van der Waals surface area (Å²) in [5.74, 6) is 0. The fraction of sp³-hybridized carbons (Fsp3) is 1.00. The molecule has 17 heavy (non-hydrogen) atoms. The molecule has 0 aromatic carbocycles. The summed E-state index contributed by atoms with van der Waals surface area (Å²) in [6.45, 7) is 4.31. The van der Waals surface area contributed by atoms with Crippen molar-refractivity contribution in [1.82, 2.24) is 0 Å². The van der Waals surface area contributed by atoms with Crippen molar-refractivity contribution in [2.75, 3.05) is 0 Å². The Hall–Kier alpha value is -0.440. The van der Waals surface area contributed by atoms with E-state index in [4.69, 9.17) is 5.73 Å². The molecular weight excluding hydrogens is 212 g/mol. The summed E-state index contributed by atoms with van der Waals surface area (Å²) in [6.07, 6.45) is 11.2. The van der Waals surface area contributed by atoms with E-state index < -0.39 is 0 Å². The van der Waals surface area contributed by atoms with Gasteiger partial charge in [-0.3, -0.25) is 0 Å². The van der Waals surface area contributed by atoms with Crippen molar-refractivity contribution in [3.63, 3.8) is 0 Å². The molecule has 0 aromatic heterocycles. The minimum absolute atomic E-state index is 0.0383. The molecule has 0 rings (SSSR count). The standard InChI is InChI=1S/C14H30N2O/c1-3-5-6-10-13(15)11-7-8-12-14(16-17)9-4-2/h13-14H,3-12,15H2,1-2H3. The Morgan fingerprint density at radius 1 is 0.882 bits per heavy atom. The highest BCUT2D eigenvalue weighted by Crippen LogP contribution is 2.13. The van der Waals surface area contributed by atoms with Crippen LogP contribution in [-0.2, 0) is 0 Å². The SMILES string of the molecule is CCCCCC(N)CCCCC(CCC)N=O. The molecule has 3 nitrogen and oxygen atoms in total. The first-order chi connectivity index (χ1) is 8.24. The highest BCUT2D eigenvalue weighted by molar-refractivity contribution is 4.67. The third-order valence-electron chi connectivity index (χ3n) is 3.31. The van der Waals surface area contributed by atoms with Crippen LogP contribution in [0, 0.1) is 4.91 Å². The van der Waals surface area contributed by atoms with Crippen molar-refractivity contribution in [3.05, 3.63) is 4.91 Å². The lowest BCUT2D eigenvalue weighted by molar-refractivity contribution is 0.472. The van der Waals surface area contributed by atoms with Crippen molar-refractivity contribution in [2.45, 2.75) is 90.1 Å². The van der Waals surface area contributed by atoms with E-state index in [9.17, 15) is 4.91 Å². The van der Waals surface area contributed by atoms with Gasteiger partial charge in [-0.2, -0.15) is 4.91 Å². The van der Waals surface area contributed by atoms with E-state index in [1.807, 2.05) is 0 Å². The van der Waals surface area contributed by atoms with Crippen molar-refractivity contribution in [2.24, 2.45) is 10.9 Å². The van der Waals surface area contributed by atoms with Crippen LogP contribution in [0.5, 0.6) is 0 Å². The first-order valence-corrected chi connectivity index (χ1v) is 7.32. The van der Waals surface area contributed by atoms with Gasteiger partial charge in [-0.1, -0.05) is 57.5 Å². The molecule has 0 heterocycles. The van der Waals surface area contributed by atoms with E-state index in [0.29, 0.717) is 6.04 Å². The molecule has 0 aromatic rings. The number of nitrogens with two attached hydrogens (primary N) is 1. The summed E-state index contributed by atoms with van der Waals surface area (Å²) in [5, 5.41) is 3.17. The molecule has 102 valence electrons. The highest BCUT2D eigenvalue weighted by atomic mass is 16.3. The van der Waals surface area contributed by atoms with Gasteiger partial charge in [0.15, 0.2) is 0 Å². The molecule has 0 saturated carbocycles. The predicted molar refractivity (Wildman–Crippen MR) is 75.1 cm³/mol. The molecular formula is C14H30N2O. The van der Waals surface area contributed by atoms with E-state index in [1.54, 1.807) is 0 Å². The van der Waals surface area contributed by atoms with Crippen LogP contribution in [0.25, 0.3) is 0 Å². The molecule has 0 aliphatic rings. The topological polar surface area (TPSA) is 55.4 Å². The van der Waals surface area contributed by atoms with Gasteiger partial charge < -0.3 is 5.73 Å². The molecule has 0 spiro atoms. The number of nitroso groups, excluding NO2 is 1. The summed E-state index contributed by atoms with van der Waals surface area (Å²) in [6, 6.07) is 0.395. The van der Waals surface area contributed by atoms with Crippen LogP contribution in [0.1, 0.15) is 78.1 Å². The lowest BCUT2D eigenvalue weighted by Gasteiger charge is -2.12. The van der Waals surface area contributed by atoms with Crippen LogP contribution in [0.15, 0.2) is 5.18 Å². The van der Waals surface area contributed by atoms with E-state index in [1.165, 1.54) is 19.3 Å². The molecule has 0 bridgehead atoms. The van der Waals surface area contributed by atoms with Gasteiger partial charge in [-0.15, -0.1) is 0 Å². The van der Waals surface area contributed by atoms with Crippen LogP contribution in [0.4, 0.5) is 0 Å². The molecule has 0 aliphatic heterocycles.